The summed E-state index contributed by atoms with van der Waals surface area (Å²) in [5.41, 5.74) is 0.641. The van der Waals surface area contributed by atoms with Crippen LogP contribution >= 0.6 is 27.9 Å². The molecule has 0 aliphatic carbocycles. The van der Waals surface area contributed by atoms with Gasteiger partial charge in [-0.2, -0.15) is 0 Å². The predicted molar refractivity (Wildman–Crippen MR) is 73.7 cm³/mol. The maximum atomic E-state index is 9.54. The fourth-order valence-corrected chi connectivity index (χ4v) is 2.34. The van der Waals surface area contributed by atoms with E-state index in [1.807, 2.05) is 13.8 Å². The monoisotopic (exact) mass is 303 g/mol. The average Bonchev–Trinajstić information content (AvgIpc) is 2.17. The van der Waals surface area contributed by atoms with E-state index < -0.39 is 5.60 Å². The van der Waals surface area contributed by atoms with E-state index in [2.05, 4.69) is 45.8 Å². The van der Waals surface area contributed by atoms with Gasteiger partial charge in [0.2, 0.25) is 0 Å². The Bertz CT molecular complexity index is 349. The van der Waals surface area contributed by atoms with E-state index in [-0.39, 0.29) is 0 Å². The maximum absolute atomic E-state index is 9.54. The fourth-order valence-electron chi connectivity index (χ4n) is 1.13. The van der Waals surface area contributed by atoms with Crippen LogP contribution in [0.1, 0.15) is 25.8 Å². The van der Waals surface area contributed by atoms with Crippen molar-refractivity contribution < 1.29 is 5.11 Å². The Labute approximate surface area is 110 Å². The van der Waals surface area contributed by atoms with Crippen LogP contribution in [0.3, 0.4) is 0 Å². The molecular weight excluding hydrogens is 286 g/mol. The van der Waals surface area contributed by atoms with E-state index in [9.17, 15) is 5.11 Å². The molecule has 4 heteroatoms. The largest absolute Gasteiger partial charge is 0.390 e. The summed E-state index contributed by atoms with van der Waals surface area (Å²) in [4.78, 5) is 1.17. The number of nitrogens with one attached hydrogen (secondary N) is 1. The molecule has 2 nitrogen and oxygen atoms in total. The van der Waals surface area contributed by atoms with Crippen molar-refractivity contribution in [2.24, 2.45) is 0 Å². The molecule has 0 saturated carbocycles. The molecule has 0 spiro atoms. The number of rotatable bonds is 5. The van der Waals surface area contributed by atoms with E-state index in [1.54, 1.807) is 11.9 Å². The minimum Gasteiger partial charge on any atom is -0.390 e. The van der Waals surface area contributed by atoms with Crippen molar-refractivity contribution in [2.75, 3.05) is 6.54 Å². The molecule has 90 valence electrons. The smallest absolute Gasteiger partial charge is 0.0604 e. The molecule has 0 saturated heterocycles. The van der Waals surface area contributed by atoms with Crippen LogP contribution in [0.25, 0.3) is 0 Å². The van der Waals surface area contributed by atoms with Crippen LogP contribution in [0.15, 0.2) is 27.6 Å². The lowest BCUT2D eigenvalue weighted by Gasteiger charge is -2.16. The van der Waals surface area contributed by atoms with Crippen LogP contribution in [-0.4, -0.2) is 17.3 Å². The Morgan fingerprint density at radius 1 is 1.44 bits per heavy atom. The van der Waals surface area contributed by atoms with Gasteiger partial charge in [0.25, 0.3) is 0 Å². The molecule has 2 N–H and O–H groups in total. The molecule has 0 heterocycles. The summed E-state index contributed by atoms with van der Waals surface area (Å²) in [5.74, 6) is 0. The van der Waals surface area contributed by atoms with Gasteiger partial charge >= 0.3 is 0 Å². The van der Waals surface area contributed by atoms with E-state index in [0.29, 0.717) is 0 Å². The van der Waals surface area contributed by atoms with Gasteiger partial charge in [-0.05, 0) is 56.8 Å². The zero-order valence-electron chi connectivity index (χ0n) is 9.88. The highest BCUT2D eigenvalue weighted by Crippen LogP contribution is 2.23. The molecule has 0 fully saturated rings. The number of hydrogen-bond donors (Lipinski definition) is 2. The van der Waals surface area contributed by atoms with Crippen molar-refractivity contribution in [3.8, 4) is 0 Å². The highest BCUT2D eigenvalue weighted by molar-refractivity contribution is 9.10. The molecule has 1 aromatic carbocycles. The number of hydrogen-bond acceptors (Lipinski definition) is 3. The number of aliphatic hydroxyl groups is 1. The van der Waals surface area contributed by atoms with E-state index in [1.165, 1.54) is 10.5 Å². The van der Waals surface area contributed by atoms with Crippen LogP contribution in [-0.2, 0) is 0 Å². The van der Waals surface area contributed by atoms with Crippen LogP contribution in [0.5, 0.6) is 0 Å². The van der Waals surface area contributed by atoms with Crippen molar-refractivity contribution in [1.82, 2.24) is 4.72 Å². The molecule has 1 aromatic rings. The first kappa shape index (κ1) is 14.0. The Hall–Kier alpha value is -0.0300. The molecule has 0 amide bonds. The highest BCUT2D eigenvalue weighted by Gasteiger charge is 2.11. The molecule has 0 aromatic heterocycles. The van der Waals surface area contributed by atoms with Crippen LogP contribution < -0.4 is 4.72 Å². The zero-order valence-corrected chi connectivity index (χ0v) is 12.3. The van der Waals surface area contributed by atoms with Gasteiger partial charge in [-0.1, -0.05) is 22.0 Å². The second kappa shape index (κ2) is 6.05. The third-order valence-corrected chi connectivity index (χ3v) is 3.86. The van der Waals surface area contributed by atoms with Crippen LogP contribution in [0.2, 0.25) is 0 Å². The minimum absolute atomic E-state index is 0.596. The molecule has 0 aliphatic heterocycles. The fraction of sp³-hybridized carbons (Fsp3) is 0.500. The summed E-state index contributed by atoms with van der Waals surface area (Å²) in [6.45, 7) is 6.50. The minimum atomic E-state index is -0.596. The lowest BCUT2D eigenvalue weighted by atomic mass is 10.1. The van der Waals surface area contributed by atoms with Crippen molar-refractivity contribution in [3.63, 3.8) is 0 Å². The molecule has 1 rings (SSSR count). The summed E-state index contributed by atoms with van der Waals surface area (Å²) in [5, 5.41) is 9.54. The summed E-state index contributed by atoms with van der Waals surface area (Å²) >= 11 is 5.10. The van der Waals surface area contributed by atoms with Gasteiger partial charge in [-0.3, -0.25) is 4.72 Å². The molecular formula is C12H18BrNOS. The first-order chi connectivity index (χ1) is 7.38. The number of benzene rings is 1. The van der Waals surface area contributed by atoms with Gasteiger partial charge in [0, 0.05) is 15.9 Å². The van der Waals surface area contributed by atoms with Gasteiger partial charge in [-0.25, -0.2) is 0 Å². The van der Waals surface area contributed by atoms with Crippen molar-refractivity contribution in [2.45, 2.75) is 37.7 Å². The van der Waals surface area contributed by atoms with Gasteiger partial charge in [0.05, 0.1) is 5.60 Å². The normalized spacial score (nSPS) is 11.8. The SMILES string of the molecule is Cc1ccc(SNCCC(C)(C)O)cc1Br. The van der Waals surface area contributed by atoms with E-state index >= 15 is 0 Å². The molecule has 0 unspecified atom stereocenters. The topological polar surface area (TPSA) is 32.3 Å². The van der Waals surface area contributed by atoms with Crippen molar-refractivity contribution in [3.05, 3.63) is 28.2 Å². The molecule has 0 radical (unpaired) electrons. The maximum Gasteiger partial charge on any atom is 0.0604 e. The number of halogens is 1. The summed E-state index contributed by atoms with van der Waals surface area (Å²) in [7, 11) is 0. The number of aryl methyl sites for hydroxylation is 1. The predicted octanol–water partition coefficient (Wildman–Crippen LogP) is 3.52. The van der Waals surface area contributed by atoms with Gasteiger partial charge < -0.3 is 5.11 Å². The highest BCUT2D eigenvalue weighted by atomic mass is 79.9. The average molecular weight is 304 g/mol. The van der Waals surface area contributed by atoms with Gasteiger partial charge in [-0.15, -0.1) is 0 Å². The third kappa shape index (κ3) is 5.34. The molecule has 0 bridgehead atoms. The molecule has 16 heavy (non-hydrogen) atoms. The standard InChI is InChI=1S/C12H18BrNOS/c1-9-4-5-10(8-11(9)13)16-14-7-6-12(2,3)15/h4-5,8,14-15H,6-7H2,1-3H3. The van der Waals surface area contributed by atoms with Gasteiger partial charge in [0.15, 0.2) is 0 Å². The van der Waals surface area contributed by atoms with Crippen molar-refractivity contribution in [1.29, 1.82) is 0 Å². The Balaban J connectivity index is 2.35. The van der Waals surface area contributed by atoms with E-state index in [4.69, 9.17) is 0 Å². The molecule has 0 atom stereocenters. The lowest BCUT2D eigenvalue weighted by Crippen LogP contribution is -2.23. The quantitative estimate of drug-likeness (QED) is 0.645. The van der Waals surface area contributed by atoms with Crippen LogP contribution in [0.4, 0.5) is 0 Å². The second-order valence-corrected chi connectivity index (χ2v) is 6.29. The summed E-state index contributed by atoms with van der Waals surface area (Å²) < 4.78 is 4.37. The lowest BCUT2D eigenvalue weighted by molar-refractivity contribution is 0.0729. The molecule has 0 aliphatic rings. The summed E-state index contributed by atoms with van der Waals surface area (Å²) in [6, 6.07) is 6.27. The second-order valence-electron chi connectivity index (χ2n) is 4.47. The Morgan fingerprint density at radius 2 is 2.12 bits per heavy atom. The summed E-state index contributed by atoms with van der Waals surface area (Å²) in [6.07, 6.45) is 0.743. The zero-order chi connectivity index (χ0) is 12.2. The Kier molecular flexibility index (Phi) is 5.31. The third-order valence-electron chi connectivity index (χ3n) is 2.17. The van der Waals surface area contributed by atoms with Crippen molar-refractivity contribution >= 4 is 27.9 Å². The first-order valence-corrected chi connectivity index (χ1v) is 6.88. The van der Waals surface area contributed by atoms with E-state index in [0.717, 1.165) is 17.4 Å². The first-order valence-electron chi connectivity index (χ1n) is 5.27. The Morgan fingerprint density at radius 3 is 2.69 bits per heavy atom. The van der Waals surface area contributed by atoms with Gasteiger partial charge in [0.1, 0.15) is 0 Å². The van der Waals surface area contributed by atoms with Crippen LogP contribution in [0, 0.1) is 6.92 Å².